The van der Waals surface area contributed by atoms with Crippen molar-refractivity contribution in [3.05, 3.63) is 0 Å². The largest absolute Gasteiger partial charge is 0.390 e. The standard InChI is InChI=1S/C11H20O4/c1-3-4-5-11-10(13-2)6-8(12)9(15-11)7-14-11/h8-10,12H,3-7H2,1-2H3/t8-,9+,10+,11?/m0/s1. The summed E-state index contributed by atoms with van der Waals surface area (Å²) in [5.41, 5.74) is 0. The van der Waals surface area contributed by atoms with Crippen LogP contribution in [0, 0.1) is 0 Å². The molecule has 0 aromatic carbocycles. The van der Waals surface area contributed by atoms with E-state index >= 15 is 0 Å². The summed E-state index contributed by atoms with van der Waals surface area (Å²) in [7, 11) is 1.65. The van der Waals surface area contributed by atoms with Crippen LogP contribution >= 0.6 is 0 Å². The molecule has 88 valence electrons. The molecule has 2 saturated heterocycles. The second kappa shape index (κ2) is 4.37. The molecule has 4 atom stereocenters. The van der Waals surface area contributed by atoms with E-state index in [-0.39, 0.29) is 12.2 Å². The van der Waals surface area contributed by atoms with E-state index in [9.17, 15) is 5.11 Å². The van der Waals surface area contributed by atoms with Crippen molar-refractivity contribution in [3.63, 3.8) is 0 Å². The summed E-state index contributed by atoms with van der Waals surface area (Å²) in [6.07, 6.45) is 2.88. The first kappa shape index (κ1) is 11.3. The summed E-state index contributed by atoms with van der Waals surface area (Å²) >= 11 is 0. The van der Waals surface area contributed by atoms with Crippen molar-refractivity contribution in [3.8, 4) is 0 Å². The summed E-state index contributed by atoms with van der Waals surface area (Å²) in [6, 6.07) is 0. The molecule has 2 aliphatic heterocycles. The van der Waals surface area contributed by atoms with Crippen LogP contribution in [0.15, 0.2) is 0 Å². The SMILES string of the molecule is CCCCC12OC[C@@H](O1)[C@@H](O)C[C@H]2OC. The zero-order valence-electron chi connectivity index (χ0n) is 9.44. The number of hydrogen-bond acceptors (Lipinski definition) is 4. The molecule has 4 heteroatoms. The Kier molecular flexibility index (Phi) is 3.30. The molecule has 15 heavy (non-hydrogen) atoms. The zero-order chi connectivity index (χ0) is 10.9. The number of methoxy groups -OCH3 is 1. The molecule has 0 amide bonds. The summed E-state index contributed by atoms with van der Waals surface area (Å²) in [5, 5.41) is 9.75. The fourth-order valence-electron chi connectivity index (χ4n) is 2.45. The predicted octanol–water partition coefficient (Wildman–Crippen LogP) is 1.07. The van der Waals surface area contributed by atoms with E-state index in [1.165, 1.54) is 0 Å². The topological polar surface area (TPSA) is 47.9 Å². The van der Waals surface area contributed by atoms with Crippen LogP contribution in [0.1, 0.15) is 32.6 Å². The minimum Gasteiger partial charge on any atom is -0.390 e. The van der Waals surface area contributed by atoms with Gasteiger partial charge in [-0.2, -0.15) is 0 Å². The van der Waals surface area contributed by atoms with Gasteiger partial charge in [-0.15, -0.1) is 0 Å². The third kappa shape index (κ3) is 1.91. The van der Waals surface area contributed by atoms with Crippen LogP contribution < -0.4 is 0 Å². The molecule has 4 nitrogen and oxygen atoms in total. The minimum atomic E-state index is -0.589. The van der Waals surface area contributed by atoms with Gasteiger partial charge >= 0.3 is 0 Å². The zero-order valence-corrected chi connectivity index (χ0v) is 9.44. The maximum atomic E-state index is 9.75. The van der Waals surface area contributed by atoms with E-state index < -0.39 is 11.9 Å². The predicted molar refractivity (Wildman–Crippen MR) is 54.5 cm³/mol. The fraction of sp³-hybridized carbons (Fsp3) is 1.00. The monoisotopic (exact) mass is 216 g/mol. The minimum absolute atomic E-state index is 0.141. The molecule has 2 aliphatic rings. The number of rotatable bonds is 4. The Morgan fingerprint density at radius 1 is 1.53 bits per heavy atom. The maximum absolute atomic E-state index is 9.75. The third-order valence-electron chi connectivity index (χ3n) is 3.38. The molecule has 0 radical (unpaired) electrons. The molecule has 2 bridgehead atoms. The highest BCUT2D eigenvalue weighted by molar-refractivity contribution is 4.96. The lowest BCUT2D eigenvalue weighted by molar-refractivity contribution is -0.272. The maximum Gasteiger partial charge on any atom is 0.195 e. The Labute approximate surface area is 90.5 Å². The van der Waals surface area contributed by atoms with Crippen molar-refractivity contribution >= 4 is 0 Å². The normalized spacial score (nSPS) is 44.6. The smallest absolute Gasteiger partial charge is 0.195 e. The van der Waals surface area contributed by atoms with E-state index in [0.29, 0.717) is 13.0 Å². The second-order valence-corrected chi connectivity index (χ2v) is 4.41. The fourth-order valence-corrected chi connectivity index (χ4v) is 2.45. The molecule has 2 fully saturated rings. The van der Waals surface area contributed by atoms with E-state index in [4.69, 9.17) is 14.2 Å². The third-order valence-corrected chi connectivity index (χ3v) is 3.38. The van der Waals surface area contributed by atoms with Gasteiger partial charge in [0.1, 0.15) is 12.2 Å². The van der Waals surface area contributed by atoms with E-state index in [2.05, 4.69) is 6.92 Å². The Morgan fingerprint density at radius 3 is 3.00 bits per heavy atom. The summed E-state index contributed by atoms with van der Waals surface area (Å²) in [6.45, 7) is 2.63. The van der Waals surface area contributed by atoms with Crippen LogP contribution in [0.4, 0.5) is 0 Å². The van der Waals surface area contributed by atoms with Crippen molar-refractivity contribution in [1.82, 2.24) is 0 Å². The molecular weight excluding hydrogens is 196 g/mol. The van der Waals surface area contributed by atoms with E-state index in [1.54, 1.807) is 7.11 Å². The molecule has 2 heterocycles. The van der Waals surface area contributed by atoms with Crippen LogP contribution in [0.3, 0.4) is 0 Å². The Hall–Kier alpha value is -0.160. The van der Waals surface area contributed by atoms with Crippen LogP contribution in [-0.4, -0.2) is 42.9 Å². The van der Waals surface area contributed by atoms with Crippen molar-refractivity contribution in [2.24, 2.45) is 0 Å². The van der Waals surface area contributed by atoms with Gasteiger partial charge in [-0.05, 0) is 6.42 Å². The molecule has 0 spiro atoms. The molecule has 0 aromatic rings. The highest BCUT2D eigenvalue weighted by atomic mass is 16.8. The van der Waals surface area contributed by atoms with Crippen LogP contribution in [0.5, 0.6) is 0 Å². The Morgan fingerprint density at radius 2 is 2.33 bits per heavy atom. The van der Waals surface area contributed by atoms with Gasteiger partial charge in [0.05, 0.1) is 12.7 Å². The van der Waals surface area contributed by atoms with Gasteiger partial charge in [-0.3, -0.25) is 0 Å². The van der Waals surface area contributed by atoms with Crippen molar-refractivity contribution in [2.75, 3.05) is 13.7 Å². The first-order valence-corrected chi connectivity index (χ1v) is 5.74. The highest BCUT2D eigenvalue weighted by Gasteiger charge is 2.54. The molecule has 0 aromatic heterocycles. The van der Waals surface area contributed by atoms with E-state index in [1.807, 2.05) is 0 Å². The average molecular weight is 216 g/mol. The van der Waals surface area contributed by atoms with Crippen molar-refractivity contribution in [1.29, 1.82) is 0 Å². The van der Waals surface area contributed by atoms with Gasteiger partial charge in [0.15, 0.2) is 5.79 Å². The molecular formula is C11H20O4. The second-order valence-electron chi connectivity index (χ2n) is 4.41. The molecule has 1 N–H and O–H groups in total. The quantitative estimate of drug-likeness (QED) is 0.763. The summed E-state index contributed by atoms with van der Waals surface area (Å²) in [5.74, 6) is -0.589. The van der Waals surface area contributed by atoms with Gasteiger partial charge in [-0.25, -0.2) is 0 Å². The number of aliphatic hydroxyl groups excluding tert-OH is 1. The first-order valence-electron chi connectivity index (χ1n) is 5.74. The van der Waals surface area contributed by atoms with Crippen LogP contribution in [0.25, 0.3) is 0 Å². The lowest BCUT2D eigenvalue weighted by Crippen LogP contribution is -2.52. The number of unbranched alkanes of at least 4 members (excludes halogenated alkanes) is 1. The lowest BCUT2D eigenvalue weighted by Gasteiger charge is -2.40. The Balaban J connectivity index is 2.08. The number of hydrogen-bond donors (Lipinski definition) is 1. The van der Waals surface area contributed by atoms with Crippen molar-refractivity contribution < 1.29 is 19.3 Å². The number of aliphatic hydroxyl groups is 1. The molecule has 0 aliphatic carbocycles. The van der Waals surface area contributed by atoms with Crippen LogP contribution in [-0.2, 0) is 14.2 Å². The average Bonchev–Trinajstić information content (AvgIpc) is 2.63. The van der Waals surface area contributed by atoms with Gasteiger partial charge in [0, 0.05) is 20.0 Å². The number of ether oxygens (including phenoxy) is 3. The summed E-state index contributed by atoms with van der Waals surface area (Å²) in [4.78, 5) is 0. The number of fused-ring (bicyclic) bond motifs is 2. The summed E-state index contributed by atoms with van der Waals surface area (Å²) < 4.78 is 16.9. The molecule has 1 unspecified atom stereocenters. The molecule has 0 saturated carbocycles. The van der Waals surface area contributed by atoms with Gasteiger partial charge in [0.25, 0.3) is 0 Å². The van der Waals surface area contributed by atoms with Gasteiger partial charge in [-0.1, -0.05) is 13.3 Å². The van der Waals surface area contributed by atoms with Gasteiger partial charge < -0.3 is 19.3 Å². The van der Waals surface area contributed by atoms with E-state index in [0.717, 1.165) is 19.3 Å². The Bertz CT molecular complexity index is 221. The highest BCUT2D eigenvalue weighted by Crippen LogP contribution is 2.41. The van der Waals surface area contributed by atoms with Crippen LogP contribution in [0.2, 0.25) is 0 Å². The lowest BCUT2D eigenvalue weighted by atomic mass is 9.94. The van der Waals surface area contributed by atoms with Gasteiger partial charge in [0.2, 0.25) is 0 Å². The van der Waals surface area contributed by atoms with Crippen molar-refractivity contribution in [2.45, 2.75) is 56.7 Å². The molecule has 2 rings (SSSR count). The first-order chi connectivity index (χ1) is 7.22.